The lowest BCUT2D eigenvalue weighted by Gasteiger charge is -2.33. The number of benzene rings is 2. The number of hydrogen-bond donors (Lipinski definition) is 5. The fourth-order valence-electron chi connectivity index (χ4n) is 5.42. The summed E-state index contributed by atoms with van der Waals surface area (Å²) < 4.78 is 0. The highest BCUT2D eigenvalue weighted by Gasteiger charge is 2.26. The first-order chi connectivity index (χ1) is 19.0. The first-order valence-electron chi connectivity index (χ1n) is 13.4. The quantitative estimate of drug-likeness (QED) is 0.278. The maximum Gasteiger partial charge on any atom is 0.274 e. The maximum atomic E-state index is 13.5. The summed E-state index contributed by atoms with van der Waals surface area (Å²) in [6.45, 7) is 4.26. The summed E-state index contributed by atoms with van der Waals surface area (Å²) in [5, 5.41) is 40.0. The molecule has 2 aliphatic rings. The van der Waals surface area contributed by atoms with Crippen molar-refractivity contribution in [3.63, 3.8) is 0 Å². The zero-order valence-corrected chi connectivity index (χ0v) is 21.8. The Morgan fingerprint density at radius 2 is 2.08 bits per heavy atom. The number of aromatic hydroxyl groups is 1. The largest absolute Gasteiger partial charge is 0.508 e. The number of carbonyl (C=O) groups excluding carboxylic acids is 1. The first kappa shape index (κ1) is 26.6. The second-order valence-electron chi connectivity index (χ2n) is 10.00. The molecule has 3 heterocycles. The van der Waals surface area contributed by atoms with Gasteiger partial charge in [0.15, 0.2) is 0 Å². The van der Waals surface area contributed by atoms with E-state index in [1.807, 2.05) is 24.3 Å². The molecule has 0 saturated carbocycles. The molecule has 3 aromatic rings. The van der Waals surface area contributed by atoms with E-state index in [1.54, 1.807) is 12.1 Å². The number of fused-ring (bicyclic) bond motifs is 1. The van der Waals surface area contributed by atoms with Crippen LogP contribution in [-0.2, 0) is 0 Å². The number of aliphatic hydroxyl groups excluding tert-OH is 1. The van der Waals surface area contributed by atoms with Gasteiger partial charge in [-0.25, -0.2) is 4.98 Å². The topological polar surface area (TPSA) is 150 Å². The van der Waals surface area contributed by atoms with Crippen LogP contribution in [0.1, 0.15) is 29.8 Å². The Kier molecular flexibility index (Phi) is 8.36. The Hall–Kier alpha value is -3.98. The molecule has 0 spiro atoms. The number of β-amino-alcohol motifs (C(OH)–C–C–N with tert-alkyl or cyclic N) is 1. The zero-order chi connectivity index (χ0) is 27.2. The number of amides is 1. The van der Waals surface area contributed by atoms with E-state index in [0.29, 0.717) is 56.6 Å². The van der Waals surface area contributed by atoms with Gasteiger partial charge < -0.3 is 31.1 Å². The van der Waals surface area contributed by atoms with Crippen LogP contribution in [0.2, 0.25) is 0 Å². The molecular weight excluding hydrogens is 496 g/mol. The summed E-state index contributed by atoms with van der Waals surface area (Å²) >= 11 is 0. The number of aromatic nitrogens is 2. The number of carbonyl (C=O) groups is 1. The van der Waals surface area contributed by atoms with Gasteiger partial charge >= 0.3 is 0 Å². The van der Waals surface area contributed by atoms with Crippen LogP contribution in [-0.4, -0.2) is 88.9 Å². The molecule has 2 aromatic carbocycles. The van der Waals surface area contributed by atoms with E-state index < -0.39 is 5.91 Å². The minimum Gasteiger partial charge on any atom is -0.508 e. The number of nitriles is 1. The average molecular weight is 531 g/mol. The maximum absolute atomic E-state index is 13.5. The van der Waals surface area contributed by atoms with E-state index in [4.69, 9.17) is 4.98 Å². The summed E-state index contributed by atoms with van der Waals surface area (Å²) in [6, 6.07) is 14.9. The third kappa shape index (κ3) is 6.37. The standard InChI is InChI=1S/C28H34N8O3/c29-8-7-20-18-36(11-9-30-20)26-16-25(33-28(34-26)31-17-21-5-3-10-35(21)12-13-37)27(39)32-24-15-22(38)14-19-4-1-2-6-23(19)24/h1-2,4,6,14-16,20-21,30,37-38H,3,5,7,9-13,17-18H2,(H,32,39)(H,31,33,34)/t20-,21-/m0/s1. The number of nitrogens with one attached hydrogen (secondary N) is 3. The molecule has 0 aliphatic carbocycles. The van der Waals surface area contributed by atoms with Crippen LogP contribution >= 0.6 is 0 Å². The minimum atomic E-state index is -0.413. The molecule has 0 radical (unpaired) electrons. The average Bonchev–Trinajstić information content (AvgIpc) is 3.39. The number of likely N-dealkylation sites (tertiary alicyclic amines) is 1. The molecule has 11 nitrogen and oxygen atoms in total. The SMILES string of the molecule is N#CC[C@H]1CN(c2cc(C(=O)Nc3cc(O)cc4ccccc34)nc(NC[C@@H]3CCCN3CCO)n2)CCN1. The molecule has 204 valence electrons. The Morgan fingerprint density at radius 1 is 1.21 bits per heavy atom. The number of hydrogen-bond acceptors (Lipinski definition) is 10. The first-order valence-corrected chi connectivity index (χ1v) is 13.4. The van der Waals surface area contributed by atoms with Crippen molar-refractivity contribution in [2.45, 2.75) is 31.3 Å². The number of piperazine rings is 1. The molecule has 2 atom stereocenters. The summed E-state index contributed by atoms with van der Waals surface area (Å²) in [6.07, 6.45) is 2.46. The van der Waals surface area contributed by atoms with Crippen molar-refractivity contribution in [1.82, 2.24) is 20.2 Å². The smallest absolute Gasteiger partial charge is 0.274 e. The molecule has 0 bridgehead atoms. The summed E-state index contributed by atoms with van der Waals surface area (Å²) in [7, 11) is 0. The second kappa shape index (κ2) is 12.3. The van der Waals surface area contributed by atoms with Crippen molar-refractivity contribution in [3.05, 3.63) is 48.2 Å². The van der Waals surface area contributed by atoms with Crippen LogP contribution in [0.25, 0.3) is 10.8 Å². The third-order valence-corrected chi connectivity index (χ3v) is 7.34. The minimum absolute atomic E-state index is 0.0107. The second-order valence-corrected chi connectivity index (χ2v) is 10.00. The van der Waals surface area contributed by atoms with Gasteiger partial charge in [-0.05, 0) is 30.8 Å². The molecule has 2 aliphatic heterocycles. The Balaban J connectivity index is 1.42. The Labute approximate surface area is 227 Å². The lowest BCUT2D eigenvalue weighted by molar-refractivity contribution is 0.102. The highest BCUT2D eigenvalue weighted by molar-refractivity contribution is 6.09. The molecule has 39 heavy (non-hydrogen) atoms. The van der Waals surface area contributed by atoms with Crippen molar-refractivity contribution in [2.75, 3.05) is 61.4 Å². The molecule has 1 amide bonds. The molecule has 5 N–H and O–H groups in total. The van der Waals surface area contributed by atoms with Gasteiger partial charge in [0, 0.05) is 62.3 Å². The van der Waals surface area contributed by atoms with Crippen LogP contribution in [0.5, 0.6) is 5.75 Å². The van der Waals surface area contributed by atoms with E-state index in [1.165, 1.54) is 6.07 Å². The van der Waals surface area contributed by atoms with Crippen molar-refractivity contribution in [1.29, 1.82) is 5.26 Å². The predicted molar refractivity (Wildman–Crippen MR) is 150 cm³/mol. The zero-order valence-electron chi connectivity index (χ0n) is 21.8. The Bertz CT molecular complexity index is 1360. The highest BCUT2D eigenvalue weighted by atomic mass is 16.3. The number of anilines is 3. The van der Waals surface area contributed by atoms with Gasteiger partial charge in [-0.2, -0.15) is 10.2 Å². The van der Waals surface area contributed by atoms with E-state index in [0.717, 1.165) is 30.2 Å². The van der Waals surface area contributed by atoms with E-state index in [2.05, 4.69) is 36.8 Å². The number of nitrogens with zero attached hydrogens (tertiary/aromatic N) is 5. The van der Waals surface area contributed by atoms with E-state index in [-0.39, 0.29) is 30.1 Å². The monoisotopic (exact) mass is 530 g/mol. The molecule has 0 unspecified atom stereocenters. The summed E-state index contributed by atoms with van der Waals surface area (Å²) in [5.41, 5.74) is 0.691. The number of rotatable bonds is 9. The van der Waals surface area contributed by atoms with Crippen molar-refractivity contribution >= 4 is 34.1 Å². The van der Waals surface area contributed by atoms with Crippen LogP contribution in [0, 0.1) is 11.3 Å². The predicted octanol–water partition coefficient (Wildman–Crippen LogP) is 2.15. The van der Waals surface area contributed by atoms with Gasteiger partial charge in [-0.1, -0.05) is 24.3 Å². The van der Waals surface area contributed by atoms with Crippen LogP contribution in [0.4, 0.5) is 17.5 Å². The van der Waals surface area contributed by atoms with Gasteiger partial charge in [-0.15, -0.1) is 0 Å². The summed E-state index contributed by atoms with van der Waals surface area (Å²) in [4.78, 5) is 27.1. The van der Waals surface area contributed by atoms with E-state index >= 15 is 0 Å². The van der Waals surface area contributed by atoms with Gasteiger partial charge in [0.05, 0.1) is 24.8 Å². The highest BCUT2D eigenvalue weighted by Crippen LogP contribution is 2.29. The fourth-order valence-corrected chi connectivity index (χ4v) is 5.42. The van der Waals surface area contributed by atoms with Crippen LogP contribution in [0.15, 0.2) is 42.5 Å². The number of phenols is 1. The molecular formula is C28H34N8O3. The fraction of sp³-hybridized carbons (Fsp3) is 0.429. The van der Waals surface area contributed by atoms with Crippen LogP contribution < -0.4 is 20.9 Å². The molecule has 2 saturated heterocycles. The normalized spacial score (nSPS) is 19.6. The molecule has 2 fully saturated rings. The number of aliphatic hydroxyl groups is 1. The lowest BCUT2D eigenvalue weighted by Crippen LogP contribution is -2.51. The van der Waals surface area contributed by atoms with Gasteiger partial charge in [0.1, 0.15) is 17.3 Å². The Morgan fingerprint density at radius 3 is 2.92 bits per heavy atom. The van der Waals surface area contributed by atoms with Gasteiger partial charge in [0.2, 0.25) is 5.95 Å². The van der Waals surface area contributed by atoms with Crippen molar-refractivity contribution in [2.24, 2.45) is 0 Å². The van der Waals surface area contributed by atoms with Gasteiger partial charge in [-0.3, -0.25) is 9.69 Å². The van der Waals surface area contributed by atoms with Crippen molar-refractivity contribution in [3.8, 4) is 11.8 Å². The summed E-state index contributed by atoms with van der Waals surface area (Å²) in [5.74, 6) is 0.609. The molecule has 1 aromatic heterocycles. The lowest BCUT2D eigenvalue weighted by atomic mass is 10.1. The molecule has 5 rings (SSSR count). The van der Waals surface area contributed by atoms with Crippen molar-refractivity contribution < 1.29 is 15.0 Å². The van der Waals surface area contributed by atoms with E-state index in [9.17, 15) is 20.3 Å². The third-order valence-electron chi connectivity index (χ3n) is 7.34. The van der Waals surface area contributed by atoms with Gasteiger partial charge in [0.25, 0.3) is 5.91 Å². The number of phenolic OH excluding ortho intramolecular Hbond substituents is 1. The molecule has 11 heteroatoms. The van der Waals surface area contributed by atoms with Crippen LogP contribution in [0.3, 0.4) is 0 Å².